The van der Waals surface area contributed by atoms with Crippen LogP contribution in [0.4, 0.5) is 0 Å². The number of guanidine groups is 1. The van der Waals surface area contributed by atoms with Crippen molar-refractivity contribution in [3.05, 3.63) is 0 Å². The average molecular weight is 427 g/mol. The zero-order valence-corrected chi connectivity index (χ0v) is 16.9. The summed E-state index contributed by atoms with van der Waals surface area (Å²) in [5, 5.41) is 6.62. The van der Waals surface area contributed by atoms with Crippen molar-refractivity contribution in [1.82, 2.24) is 20.4 Å². The minimum Gasteiger partial charge on any atom is -0.383 e. The van der Waals surface area contributed by atoms with Gasteiger partial charge in [-0.2, -0.15) is 0 Å². The highest BCUT2D eigenvalue weighted by molar-refractivity contribution is 14.0. The molecule has 132 valence electrons. The molecule has 1 rings (SSSR count). The van der Waals surface area contributed by atoms with E-state index in [1.165, 1.54) is 32.7 Å². The molecule has 0 aromatic carbocycles. The minimum atomic E-state index is 0. The molecule has 0 spiro atoms. The summed E-state index contributed by atoms with van der Waals surface area (Å²) in [5.41, 5.74) is 0. The first-order valence-corrected chi connectivity index (χ1v) is 8.07. The summed E-state index contributed by atoms with van der Waals surface area (Å²) in [6.07, 6.45) is 0. The normalized spacial score (nSPS) is 18.6. The summed E-state index contributed by atoms with van der Waals surface area (Å²) in [7, 11) is 3.51. The second kappa shape index (κ2) is 13.3. The molecule has 0 bridgehead atoms. The summed E-state index contributed by atoms with van der Waals surface area (Å²) >= 11 is 0. The topological polar surface area (TPSA) is 52.1 Å². The zero-order chi connectivity index (χ0) is 15.5. The number of aliphatic imine (C=N–C) groups is 1. The van der Waals surface area contributed by atoms with Crippen LogP contribution in [0.25, 0.3) is 0 Å². The number of hydrogen-bond acceptors (Lipinski definition) is 4. The molecule has 1 heterocycles. The van der Waals surface area contributed by atoms with Crippen molar-refractivity contribution in [3.63, 3.8) is 0 Å². The third-order valence-corrected chi connectivity index (χ3v) is 3.92. The third-order valence-electron chi connectivity index (χ3n) is 3.92. The quantitative estimate of drug-likeness (QED) is 0.259. The van der Waals surface area contributed by atoms with Crippen LogP contribution < -0.4 is 10.6 Å². The van der Waals surface area contributed by atoms with E-state index in [1.54, 1.807) is 14.2 Å². The second-order valence-corrected chi connectivity index (χ2v) is 5.71. The zero-order valence-electron chi connectivity index (χ0n) is 14.6. The summed E-state index contributed by atoms with van der Waals surface area (Å²) in [4.78, 5) is 9.30. The number of likely N-dealkylation sites (N-methyl/N-ethyl adjacent to an activating group) is 1. The van der Waals surface area contributed by atoms with Gasteiger partial charge in [0.05, 0.1) is 6.61 Å². The molecule has 0 aliphatic carbocycles. The van der Waals surface area contributed by atoms with E-state index >= 15 is 0 Å². The van der Waals surface area contributed by atoms with E-state index in [9.17, 15) is 0 Å². The second-order valence-electron chi connectivity index (χ2n) is 5.71. The molecule has 1 saturated heterocycles. The van der Waals surface area contributed by atoms with Crippen molar-refractivity contribution < 1.29 is 4.74 Å². The molecule has 2 N–H and O–H groups in total. The summed E-state index contributed by atoms with van der Waals surface area (Å²) in [6.45, 7) is 14.1. The maximum Gasteiger partial charge on any atom is 0.191 e. The lowest BCUT2D eigenvalue weighted by atomic mass is 10.1. The number of ether oxygens (including phenoxy) is 1. The smallest absolute Gasteiger partial charge is 0.191 e. The molecule has 1 atom stereocenters. The van der Waals surface area contributed by atoms with E-state index < -0.39 is 0 Å². The van der Waals surface area contributed by atoms with Gasteiger partial charge < -0.3 is 25.2 Å². The fourth-order valence-electron chi connectivity index (χ4n) is 2.56. The van der Waals surface area contributed by atoms with Crippen LogP contribution in [-0.2, 0) is 4.74 Å². The highest BCUT2D eigenvalue weighted by atomic mass is 127. The summed E-state index contributed by atoms with van der Waals surface area (Å²) in [6, 6.07) is 0. The molecule has 0 aromatic heterocycles. The standard InChI is InChI=1S/C15H33N5O.HI/c1-5-19-7-9-20(10-8-19)13-14(2)12-18-15(16-3)17-6-11-21-4;/h14H,5-13H2,1-4H3,(H2,16,17,18);1H. The molecule has 7 heteroatoms. The van der Waals surface area contributed by atoms with Gasteiger partial charge in [0.1, 0.15) is 0 Å². The lowest BCUT2D eigenvalue weighted by Gasteiger charge is -2.35. The van der Waals surface area contributed by atoms with Crippen molar-refractivity contribution >= 4 is 29.9 Å². The van der Waals surface area contributed by atoms with Crippen LogP contribution in [0.15, 0.2) is 4.99 Å². The highest BCUT2D eigenvalue weighted by Gasteiger charge is 2.17. The molecular formula is C15H34IN5O. The maximum atomic E-state index is 5.02. The van der Waals surface area contributed by atoms with Crippen LogP contribution in [-0.4, -0.2) is 88.9 Å². The Balaban J connectivity index is 0.00000441. The van der Waals surface area contributed by atoms with E-state index in [0.717, 1.165) is 25.6 Å². The van der Waals surface area contributed by atoms with Crippen LogP contribution >= 0.6 is 24.0 Å². The Morgan fingerprint density at radius 3 is 2.36 bits per heavy atom. The van der Waals surface area contributed by atoms with Crippen LogP contribution in [0.3, 0.4) is 0 Å². The Labute approximate surface area is 153 Å². The van der Waals surface area contributed by atoms with Crippen molar-refractivity contribution in [2.45, 2.75) is 13.8 Å². The van der Waals surface area contributed by atoms with E-state index in [1.807, 2.05) is 0 Å². The number of halogens is 1. The average Bonchev–Trinajstić information content (AvgIpc) is 2.51. The molecule has 1 aliphatic heterocycles. The maximum absolute atomic E-state index is 5.02. The molecule has 0 saturated carbocycles. The first-order chi connectivity index (χ1) is 10.2. The van der Waals surface area contributed by atoms with Gasteiger partial charge in [0.2, 0.25) is 0 Å². The summed E-state index contributed by atoms with van der Waals surface area (Å²) in [5.74, 6) is 1.47. The van der Waals surface area contributed by atoms with E-state index in [2.05, 4.69) is 39.3 Å². The SMILES string of the molecule is CCN1CCN(CC(C)CNC(=NC)NCCOC)CC1.I. The Hall–Kier alpha value is -0.120. The first-order valence-electron chi connectivity index (χ1n) is 8.07. The fraction of sp³-hybridized carbons (Fsp3) is 0.933. The van der Waals surface area contributed by atoms with Gasteiger partial charge in [0.15, 0.2) is 5.96 Å². The van der Waals surface area contributed by atoms with Gasteiger partial charge in [-0.3, -0.25) is 4.99 Å². The van der Waals surface area contributed by atoms with Gasteiger partial charge in [0.25, 0.3) is 0 Å². The lowest BCUT2D eigenvalue weighted by molar-refractivity contribution is 0.124. The predicted molar refractivity (Wildman–Crippen MR) is 104 cm³/mol. The van der Waals surface area contributed by atoms with Gasteiger partial charge in [-0.05, 0) is 12.5 Å². The molecule has 6 nitrogen and oxygen atoms in total. The molecular weight excluding hydrogens is 393 g/mol. The van der Waals surface area contributed by atoms with E-state index in [-0.39, 0.29) is 24.0 Å². The molecule has 1 aliphatic rings. The fourth-order valence-corrected chi connectivity index (χ4v) is 2.56. The number of nitrogens with zero attached hydrogens (tertiary/aromatic N) is 3. The third kappa shape index (κ3) is 9.12. The van der Waals surface area contributed by atoms with Gasteiger partial charge in [-0.15, -0.1) is 24.0 Å². The van der Waals surface area contributed by atoms with Crippen LogP contribution in [0.1, 0.15) is 13.8 Å². The van der Waals surface area contributed by atoms with Gasteiger partial charge >= 0.3 is 0 Å². The largest absolute Gasteiger partial charge is 0.383 e. The lowest BCUT2D eigenvalue weighted by Crippen LogP contribution is -2.48. The first kappa shape index (κ1) is 21.9. The van der Waals surface area contributed by atoms with Gasteiger partial charge in [-0.25, -0.2) is 0 Å². The van der Waals surface area contributed by atoms with Crippen LogP contribution in [0.2, 0.25) is 0 Å². The Morgan fingerprint density at radius 1 is 1.18 bits per heavy atom. The van der Waals surface area contributed by atoms with Crippen molar-refractivity contribution in [2.24, 2.45) is 10.9 Å². The number of methoxy groups -OCH3 is 1. The molecule has 1 unspecified atom stereocenters. The number of hydrogen-bond donors (Lipinski definition) is 2. The van der Waals surface area contributed by atoms with Crippen LogP contribution in [0, 0.1) is 5.92 Å². The van der Waals surface area contributed by atoms with Gasteiger partial charge in [-0.1, -0.05) is 13.8 Å². The molecule has 22 heavy (non-hydrogen) atoms. The molecule has 0 radical (unpaired) electrons. The Kier molecular flexibility index (Phi) is 13.3. The molecule has 0 aromatic rings. The summed E-state index contributed by atoms with van der Waals surface area (Å²) < 4.78 is 5.02. The highest BCUT2D eigenvalue weighted by Crippen LogP contribution is 2.04. The van der Waals surface area contributed by atoms with E-state index in [0.29, 0.717) is 12.5 Å². The van der Waals surface area contributed by atoms with E-state index in [4.69, 9.17) is 4.74 Å². The van der Waals surface area contributed by atoms with Crippen LogP contribution in [0.5, 0.6) is 0 Å². The number of piperazine rings is 1. The van der Waals surface area contributed by atoms with Crippen molar-refractivity contribution in [2.75, 3.05) is 73.1 Å². The Bertz CT molecular complexity index is 296. The monoisotopic (exact) mass is 427 g/mol. The minimum absolute atomic E-state index is 0. The molecule has 0 amide bonds. The molecule has 1 fully saturated rings. The predicted octanol–water partition coefficient (Wildman–Crippen LogP) is 0.689. The van der Waals surface area contributed by atoms with Crippen molar-refractivity contribution in [3.8, 4) is 0 Å². The van der Waals surface area contributed by atoms with Gasteiger partial charge in [0, 0.05) is 60.0 Å². The Morgan fingerprint density at radius 2 is 1.82 bits per heavy atom. The number of nitrogens with one attached hydrogen (secondary N) is 2. The number of rotatable bonds is 8. The van der Waals surface area contributed by atoms with Crippen molar-refractivity contribution in [1.29, 1.82) is 0 Å².